The van der Waals surface area contributed by atoms with Gasteiger partial charge >= 0.3 is 0 Å². The molecule has 3 heteroatoms. The first-order chi connectivity index (χ1) is 13.8. The summed E-state index contributed by atoms with van der Waals surface area (Å²) in [5.41, 5.74) is 13.8. The number of rotatable bonds is 4. The van der Waals surface area contributed by atoms with Gasteiger partial charge in [-0.05, 0) is 41.5 Å². The van der Waals surface area contributed by atoms with E-state index >= 15 is 0 Å². The largest absolute Gasteiger partial charge is 0.327 e. The lowest BCUT2D eigenvalue weighted by molar-refractivity contribution is 0.614. The standard InChI is InChI=1S/C25H25N3/c26-22-16-14-19(15-17-22)18-10-12-20(13-11-18)23-8-4-5-9-24(23)25(28-27)21-6-2-1-3-7-21/h1-14,22H,15-17,26-27H2. The van der Waals surface area contributed by atoms with Crippen molar-refractivity contribution in [1.82, 2.24) is 0 Å². The number of benzene rings is 3. The predicted octanol–water partition coefficient (Wildman–Crippen LogP) is 4.96. The molecule has 3 nitrogen and oxygen atoms in total. The fraction of sp³-hybridized carbons (Fsp3) is 0.160. The highest BCUT2D eigenvalue weighted by Gasteiger charge is 2.14. The summed E-state index contributed by atoms with van der Waals surface area (Å²) in [6.45, 7) is 0. The van der Waals surface area contributed by atoms with Crippen LogP contribution < -0.4 is 11.6 Å². The number of nitrogens with zero attached hydrogens (tertiary/aromatic N) is 1. The Morgan fingerprint density at radius 2 is 1.50 bits per heavy atom. The van der Waals surface area contributed by atoms with Crippen LogP contribution in [-0.4, -0.2) is 11.8 Å². The molecule has 0 aliphatic heterocycles. The average molecular weight is 367 g/mol. The van der Waals surface area contributed by atoms with E-state index < -0.39 is 0 Å². The molecule has 0 spiro atoms. The van der Waals surface area contributed by atoms with E-state index in [9.17, 15) is 0 Å². The lowest BCUT2D eigenvalue weighted by atomic mass is 9.89. The minimum absolute atomic E-state index is 0.307. The van der Waals surface area contributed by atoms with Crippen molar-refractivity contribution in [3.8, 4) is 11.1 Å². The van der Waals surface area contributed by atoms with Crippen LogP contribution in [0.1, 0.15) is 36.0 Å². The van der Waals surface area contributed by atoms with E-state index in [4.69, 9.17) is 11.6 Å². The minimum Gasteiger partial charge on any atom is -0.327 e. The fourth-order valence-electron chi connectivity index (χ4n) is 3.82. The minimum atomic E-state index is 0.307. The van der Waals surface area contributed by atoms with Crippen LogP contribution in [0.3, 0.4) is 0 Å². The topological polar surface area (TPSA) is 64.4 Å². The van der Waals surface area contributed by atoms with E-state index in [2.05, 4.69) is 53.6 Å². The van der Waals surface area contributed by atoms with Gasteiger partial charge in [-0.2, -0.15) is 5.10 Å². The Morgan fingerprint density at radius 1 is 0.821 bits per heavy atom. The molecule has 3 aromatic carbocycles. The Labute approximate surface area is 166 Å². The molecular formula is C25H25N3. The highest BCUT2D eigenvalue weighted by molar-refractivity contribution is 6.16. The molecule has 0 heterocycles. The second kappa shape index (κ2) is 8.24. The number of hydrazone groups is 1. The summed E-state index contributed by atoms with van der Waals surface area (Å²) in [5.74, 6) is 5.79. The van der Waals surface area contributed by atoms with Crippen LogP contribution in [0.25, 0.3) is 16.7 Å². The fourth-order valence-corrected chi connectivity index (χ4v) is 3.82. The summed E-state index contributed by atoms with van der Waals surface area (Å²) in [5, 5.41) is 4.11. The van der Waals surface area contributed by atoms with Gasteiger partial charge in [-0.1, -0.05) is 84.9 Å². The lowest BCUT2D eigenvalue weighted by Crippen LogP contribution is -2.21. The van der Waals surface area contributed by atoms with Crippen molar-refractivity contribution in [1.29, 1.82) is 0 Å². The zero-order chi connectivity index (χ0) is 19.3. The monoisotopic (exact) mass is 367 g/mol. The molecule has 1 atom stereocenters. The van der Waals surface area contributed by atoms with Gasteiger partial charge in [0.2, 0.25) is 0 Å². The number of hydrogen-bond donors (Lipinski definition) is 2. The summed E-state index contributed by atoms with van der Waals surface area (Å²) in [6, 6.07) is 27.4. The van der Waals surface area contributed by atoms with Gasteiger partial charge in [-0.25, -0.2) is 0 Å². The van der Waals surface area contributed by atoms with Crippen molar-refractivity contribution >= 4 is 11.3 Å². The quantitative estimate of drug-likeness (QED) is 0.389. The van der Waals surface area contributed by atoms with Crippen molar-refractivity contribution in [3.05, 3.63) is 102 Å². The van der Waals surface area contributed by atoms with Gasteiger partial charge in [0.1, 0.15) is 0 Å². The summed E-state index contributed by atoms with van der Waals surface area (Å²) >= 11 is 0. The molecule has 4 rings (SSSR count). The first-order valence-corrected chi connectivity index (χ1v) is 9.74. The van der Waals surface area contributed by atoms with Crippen molar-refractivity contribution in [2.24, 2.45) is 16.7 Å². The average Bonchev–Trinajstić information content (AvgIpc) is 2.76. The Morgan fingerprint density at radius 3 is 2.18 bits per heavy atom. The second-order valence-corrected chi connectivity index (χ2v) is 7.23. The van der Waals surface area contributed by atoms with Crippen LogP contribution in [-0.2, 0) is 0 Å². The smallest absolute Gasteiger partial charge is 0.0977 e. The summed E-state index contributed by atoms with van der Waals surface area (Å²) < 4.78 is 0. The third-order valence-corrected chi connectivity index (χ3v) is 5.38. The summed E-state index contributed by atoms with van der Waals surface area (Å²) in [6.07, 6.45) is 5.36. The van der Waals surface area contributed by atoms with Crippen molar-refractivity contribution < 1.29 is 0 Å². The Balaban J connectivity index is 1.69. The van der Waals surface area contributed by atoms with Crippen LogP contribution in [0.15, 0.2) is 90.0 Å². The highest BCUT2D eigenvalue weighted by atomic mass is 15.1. The molecule has 3 aromatic rings. The predicted molar refractivity (Wildman–Crippen MR) is 118 cm³/mol. The first kappa shape index (κ1) is 18.2. The van der Waals surface area contributed by atoms with Gasteiger partial charge < -0.3 is 11.6 Å². The van der Waals surface area contributed by atoms with E-state index in [1.165, 1.54) is 11.1 Å². The maximum Gasteiger partial charge on any atom is 0.0977 e. The van der Waals surface area contributed by atoms with Crippen molar-refractivity contribution in [3.63, 3.8) is 0 Å². The third-order valence-electron chi connectivity index (χ3n) is 5.38. The summed E-state index contributed by atoms with van der Waals surface area (Å²) in [7, 11) is 0. The Hall–Kier alpha value is -3.17. The molecule has 1 aliphatic carbocycles. The number of hydrogen-bond acceptors (Lipinski definition) is 3. The Kier molecular flexibility index (Phi) is 5.36. The SMILES string of the molecule is NN=C(c1ccccc1)c1ccccc1-c1ccc(C2=CCC(N)CC2)cc1. The molecule has 28 heavy (non-hydrogen) atoms. The molecule has 0 fully saturated rings. The zero-order valence-corrected chi connectivity index (χ0v) is 15.9. The zero-order valence-electron chi connectivity index (χ0n) is 15.9. The van der Waals surface area contributed by atoms with Gasteiger partial charge in [0, 0.05) is 17.2 Å². The molecule has 0 saturated carbocycles. The molecule has 1 aliphatic rings. The molecule has 0 amide bonds. The second-order valence-electron chi connectivity index (χ2n) is 7.23. The van der Waals surface area contributed by atoms with Crippen molar-refractivity contribution in [2.45, 2.75) is 25.3 Å². The molecule has 0 aromatic heterocycles. The van der Waals surface area contributed by atoms with Crippen LogP contribution >= 0.6 is 0 Å². The van der Waals surface area contributed by atoms with E-state index in [0.717, 1.165) is 47.2 Å². The highest BCUT2D eigenvalue weighted by Crippen LogP contribution is 2.30. The van der Waals surface area contributed by atoms with E-state index in [0.29, 0.717) is 6.04 Å². The van der Waals surface area contributed by atoms with Crippen LogP contribution in [0.4, 0.5) is 0 Å². The van der Waals surface area contributed by atoms with Gasteiger partial charge in [-0.3, -0.25) is 0 Å². The Bertz CT molecular complexity index is 1000. The maximum atomic E-state index is 6.02. The van der Waals surface area contributed by atoms with Gasteiger partial charge in [0.15, 0.2) is 0 Å². The molecule has 1 unspecified atom stereocenters. The summed E-state index contributed by atoms with van der Waals surface area (Å²) in [4.78, 5) is 0. The van der Waals surface area contributed by atoms with E-state index in [1.807, 2.05) is 36.4 Å². The van der Waals surface area contributed by atoms with Gasteiger partial charge in [0.05, 0.1) is 5.71 Å². The molecule has 0 saturated heterocycles. The molecule has 140 valence electrons. The maximum absolute atomic E-state index is 6.02. The van der Waals surface area contributed by atoms with Crippen LogP contribution in [0.5, 0.6) is 0 Å². The van der Waals surface area contributed by atoms with Gasteiger partial charge in [-0.15, -0.1) is 0 Å². The first-order valence-electron chi connectivity index (χ1n) is 9.74. The normalized spacial score (nSPS) is 17.2. The van der Waals surface area contributed by atoms with Crippen LogP contribution in [0.2, 0.25) is 0 Å². The van der Waals surface area contributed by atoms with Crippen LogP contribution in [0, 0.1) is 0 Å². The molecule has 0 radical (unpaired) electrons. The van der Waals surface area contributed by atoms with E-state index in [-0.39, 0.29) is 0 Å². The van der Waals surface area contributed by atoms with E-state index in [1.54, 1.807) is 0 Å². The van der Waals surface area contributed by atoms with Gasteiger partial charge in [0.25, 0.3) is 0 Å². The third kappa shape index (κ3) is 3.75. The lowest BCUT2D eigenvalue weighted by Gasteiger charge is -2.19. The molecule has 0 bridgehead atoms. The molecular weight excluding hydrogens is 342 g/mol. The van der Waals surface area contributed by atoms with Crippen molar-refractivity contribution in [2.75, 3.05) is 0 Å². The molecule has 4 N–H and O–H groups in total. The number of nitrogens with two attached hydrogens (primary N) is 2. The number of allylic oxidation sites excluding steroid dienone is 1.